The lowest BCUT2D eigenvalue weighted by atomic mass is 9.86. The fourth-order valence-electron chi connectivity index (χ4n) is 3.08. The van der Waals surface area contributed by atoms with Crippen molar-refractivity contribution in [1.82, 2.24) is 9.88 Å². The van der Waals surface area contributed by atoms with Crippen molar-refractivity contribution in [2.45, 2.75) is 52.1 Å². The van der Waals surface area contributed by atoms with Crippen LogP contribution in [0.1, 0.15) is 39.1 Å². The Bertz CT molecular complexity index is 543. The van der Waals surface area contributed by atoms with Crippen LogP contribution in [-0.2, 0) is 6.42 Å². The molecule has 0 spiro atoms. The fourth-order valence-corrected chi connectivity index (χ4v) is 4.11. The van der Waals surface area contributed by atoms with Gasteiger partial charge in [0, 0.05) is 18.0 Å². The van der Waals surface area contributed by atoms with Crippen LogP contribution in [0, 0.1) is 0 Å². The molecule has 0 bridgehead atoms. The molecule has 21 heavy (non-hydrogen) atoms. The van der Waals surface area contributed by atoms with E-state index >= 15 is 0 Å². The molecule has 0 saturated carbocycles. The van der Waals surface area contributed by atoms with Crippen LogP contribution in [0.15, 0.2) is 24.3 Å². The number of thiazole rings is 1. The number of aromatic nitrogens is 1. The third-order valence-electron chi connectivity index (χ3n) is 4.73. The maximum atomic E-state index is 6.59. The monoisotopic (exact) mass is 305 g/mol. The van der Waals surface area contributed by atoms with Gasteiger partial charge in [-0.15, -0.1) is 11.3 Å². The first kappa shape index (κ1) is 16.4. The average Bonchev–Trinajstić information content (AvgIpc) is 2.90. The predicted octanol–water partition coefficient (Wildman–Crippen LogP) is 3.68. The lowest BCUT2D eigenvalue weighted by Gasteiger charge is -2.44. The number of likely N-dealkylation sites (N-methyl/N-ethyl adjacent to an activating group) is 1. The van der Waals surface area contributed by atoms with E-state index in [1.165, 1.54) is 4.70 Å². The summed E-state index contributed by atoms with van der Waals surface area (Å²) >= 11 is 1.77. The smallest absolute Gasteiger partial charge is 0.0954 e. The van der Waals surface area contributed by atoms with Crippen LogP contribution in [-0.4, -0.2) is 34.6 Å². The quantitative estimate of drug-likeness (QED) is 0.848. The molecule has 2 N–H and O–H groups in total. The van der Waals surface area contributed by atoms with Crippen molar-refractivity contribution < 1.29 is 0 Å². The zero-order valence-electron chi connectivity index (χ0n) is 13.6. The highest BCUT2D eigenvalue weighted by molar-refractivity contribution is 7.18. The molecule has 1 aromatic heterocycles. The number of fused-ring (bicyclic) bond motifs is 1. The highest BCUT2D eigenvalue weighted by atomic mass is 32.1. The topological polar surface area (TPSA) is 42.1 Å². The summed E-state index contributed by atoms with van der Waals surface area (Å²) in [5, 5.41) is 1.15. The molecule has 0 aliphatic carbocycles. The van der Waals surface area contributed by atoms with Crippen molar-refractivity contribution in [1.29, 1.82) is 0 Å². The molecule has 0 aliphatic rings. The Balaban J connectivity index is 2.20. The molecule has 1 aromatic carbocycles. The summed E-state index contributed by atoms with van der Waals surface area (Å²) in [5.41, 5.74) is 7.71. The second-order valence-corrected chi connectivity index (χ2v) is 6.88. The van der Waals surface area contributed by atoms with Crippen molar-refractivity contribution in [3.8, 4) is 0 Å². The largest absolute Gasteiger partial charge is 0.326 e. The van der Waals surface area contributed by atoms with Crippen LogP contribution in [0.4, 0.5) is 0 Å². The highest BCUT2D eigenvalue weighted by Crippen LogP contribution is 2.28. The first-order valence-electron chi connectivity index (χ1n) is 7.90. The van der Waals surface area contributed by atoms with E-state index in [1.807, 2.05) is 6.07 Å². The summed E-state index contributed by atoms with van der Waals surface area (Å²) in [4.78, 5) is 7.21. The van der Waals surface area contributed by atoms with E-state index in [2.05, 4.69) is 50.8 Å². The number of nitrogens with zero attached hydrogens (tertiary/aromatic N) is 2. The van der Waals surface area contributed by atoms with E-state index < -0.39 is 0 Å². The molecule has 2 rings (SSSR count). The number of rotatable bonds is 7. The zero-order chi connectivity index (χ0) is 15.5. The van der Waals surface area contributed by atoms with Crippen molar-refractivity contribution in [3.63, 3.8) is 0 Å². The Hall–Kier alpha value is -0.970. The number of benzene rings is 1. The van der Waals surface area contributed by atoms with Crippen LogP contribution in [0.25, 0.3) is 10.2 Å². The second-order valence-electron chi connectivity index (χ2n) is 5.77. The van der Waals surface area contributed by atoms with Gasteiger partial charge in [-0.1, -0.05) is 32.9 Å². The lowest BCUT2D eigenvalue weighted by molar-refractivity contribution is 0.0845. The summed E-state index contributed by atoms with van der Waals surface area (Å²) in [6, 6.07) is 8.41. The standard InChI is InChI=1S/C17H27N3S/c1-5-17(4,20(6-2)7-3)15(18)12-16-19-13-10-8-9-11-14(13)21-16/h8-11,15H,5-7,12,18H2,1-4H3. The first-order valence-corrected chi connectivity index (χ1v) is 8.71. The molecule has 0 saturated heterocycles. The summed E-state index contributed by atoms with van der Waals surface area (Å²) < 4.78 is 1.25. The molecule has 116 valence electrons. The normalized spacial score (nSPS) is 16.3. The fraction of sp³-hybridized carbons (Fsp3) is 0.588. The minimum atomic E-state index is 0.0291. The summed E-state index contributed by atoms with van der Waals surface area (Å²) in [5.74, 6) is 0. The number of para-hydroxylation sites is 1. The molecule has 3 nitrogen and oxygen atoms in total. The van der Waals surface area contributed by atoms with Gasteiger partial charge in [0.1, 0.15) is 0 Å². The van der Waals surface area contributed by atoms with E-state index in [0.29, 0.717) is 0 Å². The molecule has 0 fully saturated rings. The molecule has 1 heterocycles. The van der Waals surface area contributed by atoms with Gasteiger partial charge >= 0.3 is 0 Å². The average molecular weight is 305 g/mol. The minimum absolute atomic E-state index is 0.0291. The maximum Gasteiger partial charge on any atom is 0.0954 e. The van der Waals surface area contributed by atoms with Gasteiger partial charge in [-0.2, -0.15) is 0 Å². The number of hydrogen-bond acceptors (Lipinski definition) is 4. The molecular formula is C17H27N3S. The van der Waals surface area contributed by atoms with Crippen LogP contribution in [0.5, 0.6) is 0 Å². The summed E-state index contributed by atoms with van der Waals surface area (Å²) in [7, 11) is 0. The van der Waals surface area contributed by atoms with E-state index in [-0.39, 0.29) is 11.6 Å². The van der Waals surface area contributed by atoms with Gasteiger partial charge < -0.3 is 5.73 Å². The minimum Gasteiger partial charge on any atom is -0.326 e. The van der Waals surface area contributed by atoms with Crippen LogP contribution >= 0.6 is 11.3 Å². The van der Waals surface area contributed by atoms with E-state index in [9.17, 15) is 0 Å². The van der Waals surface area contributed by atoms with Gasteiger partial charge in [-0.05, 0) is 38.6 Å². The molecule has 2 aromatic rings. The first-order chi connectivity index (χ1) is 10.0. The van der Waals surface area contributed by atoms with E-state index in [1.54, 1.807) is 11.3 Å². The van der Waals surface area contributed by atoms with Gasteiger partial charge in [0.05, 0.1) is 15.2 Å². The van der Waals surface area contributed by atoms with Gasteiger partial charge in [-0.25, -0.2) is 4.98 Å². The lowest BCUT2D eigenvalue weighted by Crippen LogP contribution is -2.58. The molecule has 0 radical (unpaired) electrons. The number of hydrogen-bond donors (Lipinski definition) is 1. The summed E-state index contributed by atoms with van der Waals surface area (Å²) in [6.07, 6.45) is 1.90. The number of nitrogens with two attached hydrogens (primary N) is 1. The van der Waals surface area contributed by atoms with Crippen molar-refractivity contribution in [3.05, 3.63) is 29.3 Å². The van der Waals surface area contributed by atoms with Gasteiger partial charge in [0.25, 0.3) is 0 Å². The van der Waals surface area contributed by atoms with Gasteiger partial charge in [0.2, 0.25) is 0 Å². The van der Waals surface area contributed by atoms with Crippen LogP contribution < -0.4 is 5.73 Å². The Morgan fingerprint density at radius 2 is 1.90 bits per heavy atom. The molecule has 0 aliphatic heterocycles. The predicted molar refractivity (Wildman–Crippen MR) is 92.9 cm³/mol. The van der Waals surface area contributed by atoms with Crippen molar-refractivity contribution in [2.24, 2.45) is 5.73 Å². The third-order valence-corrected chi connectivity index (χ3v) is 5.79. The van der Waals surface area contributed by atoms with Crippen LogP contribution in [0.2, 0.25) is 0 Å². The summed E-state index contributed by atoms with van der Waals surface area (Å²) in [6.45, 7) is 11.0. The highest BCUT2D eigenvalue weighted by Gasteiger charge is 2.35. The molecule has 0 amide bonds. The molecule has 2 atom stereocenters. The Kier molecular flexibility index (Phi) is 5.36. The Morgan fingerprint density at radius 1 is 1.24 bits per heavy atom. The van der Waals surface area contributed by atoms with Gasteiger partial charge in [0.15, 0.2) is 0 Å². The zero-order valence-corrected chi connectivity index (χ0v) is 14.4. The maximum absolute atomic E-state index is 6.59. The van der Waals surface area contributed by atoms with E-state index in [0.717, 1.165) is 36.5 Å². The third kappa shape index (κ3) is 3.28. The molecular weight excluding hydrogens is 278 g/mol. The van der Waals surface area contributed by atoms with Crippen molar-refractivity contribution in [2.75, 3.05) is 13.1 Å². The Labute approximate surface area is 132 Å². The second kappa shape index (κ2) is 6.86. The molecule has 2 unspecified atom stereocenters. The SMILES string of the molecule is CCN(CC)C(C)(CC)C(N)Cc1nc2ccccc2s1. The van der Waals surface area contributed by atoms with Crippen LogP contribution in [0.3, 0.4) is 0 Å². The van der Waals surface area contributed by atoms with Gasteiger partial charge in [-0.3, -0.25) is 4.90 Å². The van der Waals surface area contributed by atoms with Crippen molar-refractivity contribution >= 4 is 21.6 Å². The van der Waals surface area contributed by atoms with E-state index in [4.69, 9.17) is 10.7 Å². The molecule has 4 heteroatoms. The Morgan fingerprint density at radius 3 is 2.48 bits per heavy atom.